The molecule has 1 aliphatic heterocycles. The fourth-order valence-electron chi connectivity index (χ4n) is 3.01. The fourth-order valence-corrected chi connectivity index (χ4v) is 4.06. The van der Waals surface area contributed by atoms with Crippen LogP contribution in [0, 0.1) is 5.92 Å². The molecule has 142 valence electrons. The van der Waals surface area contributed by atoms with Crippen LogP contribution in [0.25, 0.3) is 0 Å². The maximum atomic E-state index is 4.79. The molecule has 1 fully saturated rings. The van der Waals surface area contributed by atoms with E-state index in [9.17, 15) is 0 Å². The normalized spacial score (nSPS) is 17.2. The van der Waals surface area contributed by atoms with Crippen molar-refractivity contribution in [2.45, 2.75) is 24.8 Å². The number of halogens is 1. The van der Waals surface area contributed by atoms with Crippen molar-refractivity contribution in [1.82, 2.24) is 20.0 Å². The van der Waals surface area contributed by atoms with E-state index in [1.54, 1.807) is 0 Å². The Labute approximate surface area is 177 Å². The van der Waals surface area contributed by atoms with Gasteiger partial charge in [-0.05, 0) is 37.5 Å². The van der Waals surface area contributed by atoms with Gasteiger partial charge in [0.15, 0.2) is 5.96 Å². The molecule has 0 spiro atoms. The molecule has 5 nitrogen and oxygen atoms in total. The number of thioether (sulfide) groups is 1. The van der Waals surface area contributed by atoms with Crippen molar-refractivity contribution in [2.24, 2.45) is 10.9 Å². The molecule has 1 aromatic carbocycles. The van der Waals surface area contributed by atoms with E-state index in [1.165, 1.54) is 17.1 Å². The summed E-state index contributed by atoms with van der Waals surface area (Å²) in [5, 5.41) is 7.67. The zero-order valence-corrected chi connectivity index (χ0v) is 18.4. The van der Waals surface area contributed by atoms with Gasteiger partial charge in [-0.2, -0.15) is 5.10 Å². The van der Waals surface area contributed by atoms with Crippen LogP contribution in [-0.4, -0.2) is 52.6 Å². The Bertz CT molecular complexity index is 647. The summed E-state index contributed by atoms with van der Waals surface area (Å²) in [6.45, 7) is 6.79. The molecule has 3 rings (SSSR count). The molecule has 0 bridgehead atoms. The van der Waals surface area contributed by atoms with Gasteiger partial charge in [0.2, 0.25) is 0 Å². The number of hydrogen-bond acceptors (Lipinski definition) is 3. The quantitative estimate of drug-likeness (QED) is 0.282. The molecule has 0 aliphatic carbocycles. The van der Waals surface area contributed by atoms with Crippen molar-refractivity contribution in [2.75, 3.05) is 31.9 Å². The van der Waals surface area contributed by atoms with E-state index in [-0.39, 0.29) is 24.0 Å². The lowest BCUT2D eigenvalue weighted by Gasteiger charge is -2.21. The molecule has 2 heterocycles. The molecule has 0 saturated carbocycles. The minimum Gasteiger partial charge on any atom is -0.357 e. The Balaban J connectivity index is 0.00000243. The van der Waals surface area contributed by atoms with Crippen LogP contribution in [0.15, 0.2) is 58.7 Å². The monoisotopic (exact) mass is 485 g/mol. The van der Waals surface area contributed by atoms with Crippen LogP contribution >= 0.6 is 35.7 Å². The first kappa shape index (κ1) is 21.1. The first-order valence-corrected chi connectivity index (χ1v) is 10.0. The summed E-state index contributed by atoms with van der Waals surface area (Å²) >= 11 is 1.96. The summed E-state index contributed by atoms with van der Waals surface area (Å²) in [4.78, 5) is 8.55. The Kier molecular flexibility index (Phi) is 9.31. The van der Waals surface area contributed by atoms with Gasteiger partial charge in [-0.15, -0.1) is 35.7 Å². The number of rotatable bonds is 7. The Morgan fingerprint density at radius 3 is 2.88 bits per heavy atom. The second-order valence-electron chi connectivity index (χ2n) is 6.23. The molecule has 1 N–H and O–H groups in total. The van der Waals surface area contributed by atoms with Gasteiger partial charge in [-0.25, -0.2) is 0 Å². The molecule has 0 amide bonds. The number of benzene rings is 1. The van der Waals surface area contributed by atoms with Gasteiger partial charge in [0.1, 0.15) is 0 Å². The highest BCUT2D eigenvalue weighted by molar-refractivity contribution is 14.0. The molecule has 1 atom stereocenters. The highest BCUT2D eigenvalue weighted by Gasteiger charge is 2.24. The lowest BCUT2D eigenvalue weighted by atomic mass is 10.2. The van der Waals surface area contributed by atoms with Crippen molar-refractivity contribution in [3.63, 3.8) is 0 Å². The molecular weight excluding hydrogens is 457 g/mol. The number of nitrogens with zero attached hydrogens (tertiary/aromatic N) is 4. The van der Waals surface area contributed by atoms with E-state index in [0.717, 1.165) is 44.6 Å². The van der Waals surface area contributed by atoms with E-state index < -0.39 is 0 Å². The lowest BCUT2D eigenvalue weighted by molar-refractivity contribution is 0.472. The molecular formula is C19H28IN5S. The van der Waals surface area contributed by atoms with Gasteiger partial charge in [0.05, 0.1) is 13.1 Å². The number of hydrogen-bond donors (Lipinski definition) is 1. The third kappa shape index (κ3) is 6.50. The van der Waals surface area contributed by atoms with Crippen molar-refractivity contribution in [1.29, 1.82) is 0 Å². The van der Waals surface area contributed by atoms with E-state index in [1.807, 2.05) is 34.9 Å². The molecule has 1 saturated heterocycles. The van der Waals surface area contributed by atoms with Gasteiger partial charge >= 0.3 is 0 Å². The second kappa shape index (κ2) is 11.5. The summed E-state index contributed by atoms with van der Waals surface area (Å²) in [6, 6.07) is 12.6. The summed E-state index contributed by atoms with van der Waals surface area (Å²) < 4.78 is 1.93. The number of aliphatic imine (C=N–C) groups is 1. The average molecular weight is 485 g/mol. The van der Waals surface area contributed by atoms with Gasteiger partial charge in [0, 0.05) is 42.7 Å². The average Bonchev–Trinajstić information content (AvgIpc) is 3.32. The molecule has 7 heteroatoms. The standard InChI is InChI=1S/C19H27N5S.HI/c1-2-20-19(21-11-14-24-12-6-10-22-24)23-13-9-17(15-23)16-25-18-7-4-3-5-8-18;/h3-8,10,12,17H,2,9,11,13-16H2,1H3,(H,20,21);1H. The summed E-state index contributed by atoms with van der Waals surface area (Å²) in [7, 11) is 0. The molecule has 1 aliphatic rings. The first-order valence-electron chi connectivity index (χ1n) is 9.03. The SMILES string of the molecule is CCNC(=NCCn1cccn1)N1CCC(CSc2ccccc2)C1.I. The van der Waals surface area contributed by atoms with Crippen molar-refractivity contribution >= 4 is 41.7 Å². The van der Waals surface area contributed by atoms with Gasteiger partial charge in [-0.3, -0.25) is 9.67 Å². The maximum Gasteiger partial charge on any atom is 0.193 e. The topological polar surface area (TPSA) is 45.5 Å². The van der Waals surface area contributed by atoms with Gasteiger partial charge < -0.3 is 10.2 Å². The first-order chi connectivity index (χ1) is 12.3. The van der Waals surface area contributed by atoms with Crippen LogP contribution in [0.5, 0.6) is 0 Å². The van der Waals surface area contributed by atoms with Crippen molar-refractivity contribution in [3.8, 4) is 0 Å². The zero-order valence-electron chi connectivity index (χ0n) is 15.3. The van der Waals surface area contributed by atoms with Crippen LogP contribution < -0.4 is 5.32 Å². The van der Waals surface area contributed by atoms with Crippen LogP contribution in [0.1, 0.15) is 13.3 Å². The second-order valence-corrected chi connectivity index (χ2v) is 7.32. The predicted octanol–water partition coefficient (Wildman–Crippen LogP) is 3.58. The summed E-state index contributed by atoms with van der Waals surface area (Å²) in [5.74, 6) is 2.94. The van der Waals surface area contributed by atoms with Gasteiger partial charge in [-0.1, -0.05) is 18.2 Å². The minimum absolute atomic E-state index is 0. The minimum atomic E-state index is 0. The number of likely N-dealkylation sites (tertiary alicyclic amines) is 1. The highest BCUT2D eigenvalue weighted by atomic mass is 127. The van der Waals surface area contributed by atoms with Crippen molar-refractivity contribution < 1.29 is 0 Å². The van der Waals surface area contributed by atoms with E-state index in [2.05, 4.69) is 52.6 Å². The molecule has 1 aromatic heterocycles. The van der Waals surface area contributed by atoms with E-state index in [4.69, 9.17) is 4.99 Å². The van der Waals surface area contributed by atoms with E-state index in [0.29, 0.717) is 0 Å². The predicted molar refractivity (Wildman–Crippen MR) is 120 cm³/mol. The van der Waals surface area contributed by atoms with Gasteiger partial charge in [0.25, 0.3) is 0 Å². The molecule has 26 heavy (non-hydrogen) atoms. The third-order valence-corrected chi connectivity index (χ3v) is 5.54. The molecule has 2 aromatic rings. The number of aromatic nitrogens is 2. The Morgan fingerprint density at radius 2 is 2.15 bits per heavy atom. The Hall–Kier alpha value is -1.22. The Morgan fingerprint density at radius 1 is 1.31 bits per heavy atom. The van der Waals surface area contributed by atoms with Crippen LogP contribution in [0.3, 0.4) is 0 Å². The lowest BCUT2D eigenvalue weighted by Crippen LogP contribution is -2.40. The summed E-state index contributed by atoms with van der Waals surface area (Å²) in [6.07, 6.45) is 5.03. The van der Waals surface area contributed by atoms with Crippen molar-refractivity contribution in [3.05, 3.63) is 48.8 Å². The summed E-state index contributed by atoms with van der Waals surface area (Å²) in [5.41, 5.74) is 0. The third-order valence-electron chi connectivity index (χ3n) is 4.30. The zero-order chi connectivity index (χ0) is 17.3. The molecule has 0 radical (unpaired) electrons. The van der Waals surface area contributed by atoms with Crippen LogP contribution in [0.4, 0.5) is 0 Å². The fraction of sp³-hybridized carbons (Fsp3) is 0.474. The largest absolute Gasteiger partial charge is 0.357 e. The number of guanidine groups is 1. The molecule has 1 unspecified atom stereocenters. The maximum absolute atomic E-state index is 4.79. The number of nitrogens with one attached hydrogen (secondary N) is 1. The highest BCUT2D eigenvalue weighted by Crippen LogP contribution is 2.25. The van der Waals surface area contributed by atoms with E-state index >= 15 is 0 Å². The smallest absolute Gasteiger partial charge is 0.193 e. The van der Waals surface area contributed by atoms with Crippen LogP contribution in [0.2, 0.25) is 0 Å². The van der Waals surface area contributed by atoms with Crippen LogP contribution in [-0.2, 0) is 6.54 Å².